The van der Waals surface area contributed by atoms with Crippen molar-refractivity contribution < 1.29 is 9.59 Å². The number of carbonyl (C=O) groups excluding carboxylic acids is 2. The molecule has 0 unspecified atom stereocenters. The number of carbonyl (C=O) groups is 2. The standard InChI is InChI=1S/C20H21ClN2O2S/c1-13(2)16-8-3-4-9-17(16)23-19(25)12-26-20(23)14-6-5-7-15(10-14)22-18(24)11-21/h3-10,13,20H,11-12H2,1-2H3,(H,22,24)/t20-/m0/s1. The lowest BCUT2D eigenvalue weighted by atomic mass is 10.00. The Kier molecular flexibility index (Phi) is 5.89. The van der Waals surface area contributed by atoms with Gasteiger partial charge in [-0.25, -0.2) is 0 Å². The maximum Gasteiger partial charge on any atom is 0.239 e. The average Bonchev–Trinajstić information content (AvgIpc) is 3.03. The second-order valence-electron chi connectivity index (χ2n) is 6.45. The molecule has 2 aromatic rings. The van der Waals surface area contributed by atoms with Gasteiger partial charge in [0.2, 0.25) is 11.8 Å². The van der Waals surface area contributed by atoms with E-state index in [4.69, 9.17) is 11.6 Å². The zero-order valence-corrected chi connectivity index (χ0v) is 16.3. The summed E-state index contributed by atoms with van der Waals surface area (Å²) >= 11 is 7.17. The number of rotatable bonds is 5. The number of anilines is 2. The van der Waals surface area contributed by atoms with Crippen LogP contribution in [-0.2, 0) is 9.59 Å². The van der Waals surface area contributed by atoms with Gasteiger partial charge in [0.1, 0.15) is 11.3 Å². The van der Waals surface area contributed by atoms with E-state index in [9.17, 15) is 9.59 Å². The highest BCUT2D eigenvalue weighted by Gasteiger charge is 2.35. The van der Waals surface area contributed by atoms with Gasteiger partial charge in [0.05, 0.1) is 5.75 Å². The molecule has 0 saturated carbocycles. The lowest BCUT2D eigenvalue weighted by molar-refractivity contribution is -0.116. The molecule has 1 N–H and O–H groups in total. The first-order valence-corrected chi connectivity index (χ1v) is 10.1. The monoisotopic (exact) mass is 388 g/mol. The zero-order valence-electron chi connectivity index (χ0n) is 14.7. The quantitative estimate of drug-likeness (QED) is 0.751. The Morgan fingerprint density at radius 1 is 1.27 bits per heavy atom. The van der Waals surface area contributed by atoms with Crippen molar-refractivity contribution >= 4 is 46.6 Å². The van der Waals surface area contributed by atoms with E-state index in [1.807, 2.05) is 47.4 Å². The van der Waals surface area contributed by atoms with Crippen LogP contribution in [0.25, 0.3) is 0 Å². The van der Waals surface area contributed by atoms with Crippen molar-refractivity contribution in [2.24, 2.45) is 0 Å². The van der Waals surface area contributed by atoms with Gasteiger partial charge < -0.3 is 5.32 Å². The van der Waals surface area contributed by atoms with Gasteiger partial charge in [0.15, 0.2) is 0 Å². The normalized spacial score (nSPS) is 17.0. The number of thioether (sulfide) groups is 1. The number of nitrogens with zero attached hydrogens (tertiary/aromatic N) is 1. The van der Waals surface area contributed by atoms with Gasteiger partial charge in [-0.15, -0.1) is 23.4 Å². The largest absolute Gasteiger partial charge is 0.325 e. The Balaban J connectivity index is 1.97. The number of alkyl halides is 1. The molecular weight excluding hydrogens is 368 g/mol. The van der Waals surface area contributed by atoms with Crippen molar-refractivity contribution in [3.63, 3.8) is 0 Å². The first-order chi connectivity index (χ1) is 12.5. The minimum Gasteiger partial charge on any atom is -0.325 e. The van der Waals surface area contributed by atoms with Crippen molar-refractivity contribution in [2.45, 2.75) is 25.1 Å². The summed E-state index contributed by atoms with van der Waals surface area (Å²) in [4.78, 5) is 26.1. The average molecular weight is 389 g/mol. The molecule has 1 heterocycles. The summed E-state index contributed by atoms with van der Waals surface area (Å²) in [6, 6.07) is 15.6. The van der Waals surface area contributed by atoms with E-state index in [1.165, 1.54) is 0 Å². The highest BCUT2D eigenvalue weighted by atomic mass is 35.5. The predicted octanol–water partition coefficient (Wildman–Crippen LogP) is 4.77. The van der Waals surface area contributed by atoms with Crippen LogP contribution >= 0.6 is 23.4 Å². The summed E-state index contributed by atoms with van der Waals surface area (Å²) in [5.41, 5.74) is 3.77. The van der Waals surface area contributed by atoms with Crippen LogP contribution in [0.1, 0.15) is 36.3 Å². The molecule has 6 heteroatoms. The van der Waals surface area contributed by atoms with Crippen LogP contribution in [0.4, 0.5) is 11.4 Å². The lowest BCUT2D eigenvalue weighted by Crippen LogP contribution is -2.29. The molecule has 0 bridgehead atoms. The van der Waals surface area contributed by atoms with Gasteiger partial charge in [-0.1, -0.05) is 44.2 Å². The van der Waals surface area contributed by atoms with Crippen molar-refractivity contribution in [2.75, 3.05) is 21.8 Å². The molecule has 1 saturated heterocycles. The third-order valence-electron chi connectivity index (χ3n) is 4.26. The SMILES string of the molecule is CC(C)c1ccccc1N1C(=O)CS[C@H]1c1cccc(NC(=O)CCl)c1. The van der Waals surface area contributed by atoms with Crippen LogP contribution in [0.3, 0.4) is 0 Å². The van der Waals surface area contributed by atoms with Crippen molar-refractivity contribution in [3.8, 4) is 0 Å². The fourth-order valence-corrected chi connectivity index (χ4v) is 4.32. The van der Waals surface area contributed by atoms with Crippen molar-refractivity contribution in [1.29, 1.82) is 0 Å². The third kappa shape index (κ3) is 3.89. The van der Waals surface area contributed by atoms with E-state index < -0.39 is 0 Å². The molecule has 0 aliphatic carbocycles. The summed E-state index contributed by atoms with van der Waals surface area (Å²) in [6.45, 7) is 4.26. The number of hydrogen-bond donors (Lipinski definition) is 1. The second-order valence-corrected chi connectivity index (χ2v) is 7.78. The molecule has 0 radical (unpaired) electrons. The molecule has 26 heavy (non-hydrogen) atoms. The Morgan fingerprint density at radius 3 is 2.77 bits per heavy atom. The molecule has 1 aliphatic heterocycles. The topological polar surface area (TPSA) is 49.4 Å². The van der Waals surface area contributed by atoms with E-state index >= 15 is 0 Å². The summed E-state index contributed by atoms with van der Waals surface area (Å²) in [7, 11) is 0. The van der Waals surface area contributed by atoms with Crippen LogP contribution in [-0.4, -0.2) is 23.4 Å². The first-order valence-electron chi connectivity index (χ1n) is 8.49. The van der Waals surface area contributed by atoms with Gasteiger partial charge in [-0.05, 0) is 35.2 Å². The molecule has 0 spiro atoms. The van der Waals surface area contributed by atoms with Gasteiger partial charge in [-0.2, -0.15) is 0 Å². The Morgan fingerprint density at radius 2 is 2.04 bits per heavy atom. The third-order valence-corrected chi connectivity index (χ3v) is 5.72. The molecule has 3 rings (SSSR count). The molecule has 2 aromatic carbocycles. The summed E-state index contributed by atoms with van der Waals surface area (Å²) < 4.78 is 0. The molecular formula is C20H21ClN2O2S. The molecule has 2 amide bonds. The fourth-order valence-electron chi connectivity index (χ4n) is 3.09. The van der Waals surface area contributed by atoms with Crippen LogP contribution in [0.2, 0.25) is 0 Å². The van der Waals surface area contributed by atoms with Crippen LogP contribution < -0.4 is 10.2 Å². The molecule has 0 aromatic heterocycles. The first kappa shape index (κ1) is 18.8. The minimum absolute atomic E-state index is 0.0885. The highest BCUT2D eigenvalue weighted by molar-refractivity contribution is 8.00. The van der Waals surface area contributed by atoms with Crippen LogP contribution in [0.5, 0.6) is 0 Å². The van der Waals surface area contributed by atoms with Gasteiger partial charge in [0, 0.05) is 11.4 Å². The van der Waals surface area contributed by atoms with Crippen molar-refractivity contribution in [3.05, 3.63) is 59.7 Å². The van der Waals surface area contributed by atoms with Gasteiger partial charge in [-0.3, -0.25) is 14.5 Å². The van der Waals surface area contributed by atoms with Crippen molar-refractivity contribution in [1.82, 2.24) is 0 Å². The number of para-hydroxylation sites is 1. The summed E-state index contributed by atoms with van der Waals surface area (Å²) in [5, 5.41) is 2.65. The Labute approximate surface area is 162 Å². The molecule has 4 nitrogen and oxygen atoms in total. The van der Waals surface area contributed by atoms with E-state index in [-0.39, 0.29) is 23.1 Å². The maximum absolute atomic E-state index is 12.7. The summed E-state index contributed by atoms with van der Waals surface area (Å²) in [5.74, 6) is 0.522. The smallest absolute Gasteiger partial charge is 0.239 e. The second kappa shape index (κ2) is 8.14. The fraction of sp³-hybridized carbons (Fsp3) is 0.300. The van der Waals surface area contributed by atoms with Gasteiger partial charge >= 0.3 is 0 Å². The molecule has 1 fully saturated rings. The van der Waals surface area contributed by atoms with E-state index in [0.29, 0.717) is 17.4 Å². The zero-order chi connectivity index (χ0) is 18.7. The van der Waals surface area contributed by atoms with E-state index in [2.05, 4.69) is 25.2 Å². The number of hydrogen-bond acceptors (Lipinski definition) is 3. The molecule has 1 atom stereocenters. The minimum atomic E-state index is -0.249. The van der Waals surface area contributed by atoms with Crippen LogP contribution in [0, 0.1) is 0 Å². The van der Waals surface area contributed by atoms with Gasteiger partial charge in [0.25, 0.3) is 0 Å². The highest BCUT2D eigenvalue weighted by Crippen LogP contribution is 2.44. The number of benzene rings is 2. The molecule has 1 aliphatic rings. The lowest BCUT2D eigenvalue weighted by Gasteiger charge is -2.28. The Hall–Kier alpha value is -1.98. The Bertz CT molecular complexity index is 825. The van der Waals surface area contributed by atoms with E-state index in [0.717, 1.165) is 16.8 Å². The van der Waals surface area contributed by atoms with E-state index in [1.54, 1.807) is 11.8 Å². The number of halogens is 1. The maximum atomic E-state index is 12.7. The predicted molar refractivity (Wildman–Crippen MR) is 109 cm³/mol. The summed E-state index contributed by atoms with van der Waals surface area (Å²) in [6.07, 6.45) is 0. The molecule has 136 valence electrons. The number of amides is 2. The van der Waals surface area contributed by atoms with Crippen LogP contribution in [0.15, 0.2) is 48.5 Å². The number of nitrogens with one attached hydrogen (secondary N) is 1.